The molecule has 0 aliphatic carbocycles. The first-order valence-corrected chi connectivity index (χ1v) is 5.87. The molecule has 1 aromatic carbocycles. The predicted molar refractivity (Wildman–Crippen MR) is 71.1 cm³/mol. The van der Waals surface area contributed by atoms with Gasteiger partial charge in [0, 0.05) is 16.4 Å². The van der Waals surface area contributed by atoms with Gasteiger partial charge in [-0.2, -0.15) is 5.26 Å². The molecule has 1 N–H and O–H groups in total. The number of nitrogens with zero attached hydrogens (tertiary/aromatic N) is 2. The summed E-state index contributed by atoms with van der Waals surface area (Å²) >= 11 is 3.41. The molecule has 0 atom stereocenters. The Morgan fingerprint density at radius 3 is 2.59 bits per heavy atom. The van der Waals surface area contributed by atoms with Gasteiger partial charge in [0.2, 0.25) is 0 Å². The summed E-state index contributed by atoms with van der Waals surface area (Å²) in [6.45, 7) is 2.01. The summed E-state index contributed by atoms with van der Waals surface area (Å²) in [5, 5.41) is 11.9. The minimum atomic E-state index is 0.649. The minimum Gasteiger partial charge on any atom is -0.340 e. The molecule has 17 heavy (non-hydrogen) atoms. The van der Waals surface area contributed by atoms with Crippen molar-refractivity contribution in [2.75, 3.05) is 5.32 Å². The first-order chi connectivity index (χ1) is 8.19. The maximum atomic E-state index is 8.70. The number of aryl methyl sites for hydroxylation is 1. The summed E-state index contributed by atoms with van der Waals surface area (Å²) in [5.74, 6) is 0.787. The molecule has 0 bridgehead atoms. The molecule has 0 aliphatic heterocycles. The minimum absolute atomic E-state index is 0.649. The molecule has 2 rings (SSSR count). The Labute approximate surface area is 108 Å². The summed E-state index contributed by atoms with van der Waals surface area (Å²) in [4.78, 5) is 4.25. The second kappa shape index (κ2) is 4.98. The van der Waals surface area contributed by atoms with E-state index in [0.717, 1.165) is 21.5 Å². The summed E-state index contributed by atoms with van der Waals surface area (Å²) in [7, 11) is 0. The number of aromatic nitrogens is 1. The monoisotopic (exact) mass is 287 g/mol. The number of nitriles is 1. The second-order valence-corrected chi connectivity index (χ2v) is 4.49. The van der Waals surface area contributed by atoms with Crippen molar-refractivity contribution in [1.82, 2.24) is 4.98 Å². The lowest BCUT2D eigenvalue weighted by atomic mass is 10.2. The van der Waals surface area contributed by atoms with E-state index in [4.69, 9.17) is 5.26 Å². The van der Waals surface area contributed by atoms with E-state index in [1.165, 1.54) is 0 Å². The number of pyridine rings is 1. The molecule has 1 aromatic heterocycles. The Hall–Kier alpha value is -1.86. The van der Waals surface area contributed by atoms with Crippen molar-refractivity contribution >= 4 is 27.4 Å². The largest absolute Gasteiger partial charge is 0.340 e. The second-order valence-electron chi connectivity index (χ2n) is 3.63. The molecule has 0 aliphatic rings. The van der Waals surface area contributed by atoms with Crippen LogP contribution in [0.3, 0.4) is 0 Å². The highest BCUT2D eigenvalue weighted by molar-refractivity contribution is 9.10. The van der Waals surface area contributed by atoms with Crippen LogP contribution in [0.15, 0.2) is 41.0 Å². The van der Waals surface area contributed by atoms with Crippen molar-refractivity contribution in [2.24, 2.45) is 0 Å². The van der Waals surface area contributed by atoms with Crippen LogP contribution >= 0.6 is 15.9 Å². The van der Waals surface area contributed by atoms with Gasteiger partial charge in [-0.25, -0.2) is 4.98 Å². The average Bonchev–Trinajstić information content (AvgIpc) is 2.35. The Balaban J connectivity index is 2.20. The molecule has 0 amide bonds. The Morgan fingerprint density at radius 2 is 2.00 bits per heavy atom. The molecule has 2 aromatic rings. The summed E-state index contributed by atoms with van der Waals surface area (Å²) < 4.78 is 0.989. The van der Waals surface area contributed by atoms with Gasteiger partial charge in [-0.1, -0.05) is 0 Å². The molecular weight excluding hydrogens is 278 g/mol. The van der Waals surface area contributed by atoms with Crippen LogP contribution in [-0.4, -0.2) is 4.98 Å². The number of hydrogen-bond donors (Lipinski definition) is 1. The van der Waals surface area contributed by atoms with Crippen LogP contribution in [0.2, 0.25) is 0 Å². The zero-order valence-electron chi connectivity index (χ0n) is 9.24. The number of halogens is 1. The van der Waals surface area contributed by atoms with E-state index in [2.05, 4.69) is 32.3 Å². The van der Waals surface area contributed by atoms with Crippen molar-refractivity contribution < 1.29 is 0 Å². The number of benzene rings is 1. The van der Waals surface area contributed by atoms with Crippen LogP contribution < -0.4 is 5.32 Å². The SMILES string of the molecule is Cc1cc(Nc2ccc(C#N)cc2)ncc1Br. The molecular formula is C13H10BrN3. The van der Waals surface area contributed by atoms with Crippen LogP contribution in [0.5, 0.6) is 0 Å². The smallest absolute Gasteiger partial charge is 0.130 e. The standard InChI is InChI=1S/C13H10BrN3/c1-9-6-13(16-8-12(9)14)17-11-4-2-10(7-15)3-5-11/h2-6,8H,1H3,(H,16,17). The van der Waals surface area contributed by atoms with E-state index in [9.17, 15) is 0 Å². The third kappa shape index (κ3) is 2.83. The zero-order valence-corrected chi connectivity index (χ0v) is 10.8. The molecule has 3 nitrogen and oxygen atoms in total. The Bertz CT molecular complexity index is 570. The molecule has 84 valence electrons. The molecule has 1 heterocycles. The number of nitrogens with one attached hydrogen (secondary N) is 1. The summed E-state index contributed by atoms with van der Waals surface area (Å²) in [5.41, 5.74) is 2.69. The van der Waals surface area contributed by atoms with E-state index >= 15 is 0 Å². The highest BCUT2D eigenvalue weighted by Gasteiger charge is 1.99. The van der Waals surface area contributed by atoms with Crippen LogP contribution in [-0.2, 0) is 0 Å². The summed E-state index contributed by atoms with van der Waals surface area (Å²) in [6, 6.07) is 11.3. The topological polar surface area (TPSA) is 48.7 Å². The molecule has 0 fully saturated rings. The van der Waals surface area contributed by atoms with Crippen molar-refractivity contribution in [3.05, 3.63) is 52.1 Å². The van der Waals surface area contributed by atoms with Gasteiger partial charge >= 0.3 is 0 Å². The molecule has 0 unspecified atom stereocenters. The summed E-state index contributed by atoms with van der Waals surface area (Å²) in [6.07, 6.45) is 1.77. The van der Waals surface area contributed by atoms with Crippen LogP contribution in [0.25, 0.3) is 0 Å². The molecule has 0 saturated heterocycles. The third-order valence-electron chi connectivity index (χ3n) is 2.33. The maximum absolute atomic E-state index is 8.70. The quantitative estimate of drug-likeness (QED) is 0.915. The highest BCUT2D eigenvalue weighted by Crippen LogP contribution is 2.20. The lowest BCUT2D eigenvalue weighted by molar-refractivity contribution is 1.25. The zero-order chi connectivity index (χ0) is 12.3. The van der Waals surface area contributed by atoms with Crippen molar-refractivity contribution in [3.63, 3.8) is 0 Å². The van der Waals surface area contributed by atoms with Gasteiger partial charge in [-0.3, -0.25) is 0 Å². The average molecular weight is 288 g/mol. The number of hydrogen-bond acceptors (Lipinski definition) is 3. The third-order valence-corrected chi connectivity index (χ3v) is 3.16. The Kier molecular flexibility index (Phi) is 3.40. The van der Waals surface area contributed by atoms with Gasteiger partial charge in [-0.15, -0.1) is 0 Å². The fraction of sp³-hybridized carbons (Fsp3) is 0.0769. The fourth-order valence-electron chi connectivity index (χ4n) is 1.38. The lowest BCUT2D eigenvalue weighted by Crippen LogP contribution is -1.94. The van der Waals surface area contributed by atoms with E-state index in [1.807, 2.05) is 25.1 Å². The highest BCUT2D eigenvalue weighted by atomic mass is 79.9. The van der Waals surface area contributed by atoms with Crippen LogP contribution in [0.1, 0.15) is 11.1 Å². The van der Waals surface area contributed by atoms with Crippen molar-refractivity contribution in [1.29, 1.82) is 5.26 Å². The lowest BCUT2D eigenvalue weighted by Gasteiger charge is -2.06. The van der Waals surface area contributed by atoms with Gasteiger partial charge in [0.05, 0.1) is 11.6 Å². The van der Waals surface area contributed by atoms with Gasteiger partial charge < -0.3 is 5.32 Å². The van der Waals surface area contributed by atoms with Gasteiger partial charge in [0.1, 0.15) is 5.82 Å². The normalized spacial score (nSPS) is 9.71. The number of anilines is 2. The van der Waals surface area contributed by atoms with E-state index in [1.54, 1.807) is 18.3 Å². The first kappa shape index (κ1) is 11.6. The van der Waals surface area contributed by atoms with E-state index in [-0.39, 0.29) is 0 Å². The van der Waals surface area contributed by atoms with Gasteiger partial charge in [-0.05, 0) is 58.7 Å². The van der Waals surface area contributed by atoms with Crippen molar-refractivity contribution in [3.8, 4) is 6.07 Å². The molecule has 4 heteroatoms. The molecule has 0 saturated carbocycles. The molecule has 0 radical (unpaired) electrons. The van der Waals surface area contributed by atoms with Gasteiger partial charge in [0.15, 0.2) is 0 Å². The number of rotatable bonds is 2. The van der Waals surface area contributed by atoms with Gasteiger partial charge in [0.25, 0.3) is 0 Å². The maximum Gasteiger partial charge on any atom is 0.130 e. The van der Waals surface area contributed by atoms with Crippen LogP contribution in [0, 0.1) is 18.3 Å². The van der Waals surface area contributed by atoms with Crippen LogP contribution in [0.4, 0.5) is 11.5 Å². The van der Waals surface area contributed by atoms with Crippen molar-refractivity contribution in [2.45, 2.75) is 6.92 Å². The molecule has 0 spiro atoms. The predicted octanol–water partition coefficient (Wildman–Crippen LogP) is 3.77. The Morgan fingerprint density at radius 1 is 1.29 bits per heavy atom. The van der Waals surface area contributed by atoms with E-state index in [0.29, 0.717) is 5.56 Å². The first-order valence-electron chi connectivity index (χ1n) is 5.08. The van der Waals surface area contributed by atoms with E-state index < -0.39 is 0 Å². The fourth-order valence-corrected chi connectivity index (χ4v) is 1.60.